The summed E-state index contributed by atoms with van der Waals surface area (Å²) in [5.74, 6) is 0.972. The second kappa shape index (κ2) is 7.41. The van der Waals surface area contributed by atoms with Crippen LogP contribution < -0.4 is 5.56 Å². The van der Waals surface area contributed by atoms with Gasteiger partial charge in [-0.2, -0.15) is 0 Å². The van der Waals surface area contributed by atoms with Gasteiger partial charge in [0.05, 0.1) is 27.6 Å². The van der Waals surface area contributed by atoms with E-state index in [-0.39, 0.29) is 11.6 Å². The highest BCUT2D eigenvalue weighted by Crippen LogP contribution is 2.36. The minimum atomic E-state index is 0.142. The molecule has 2 aromatic heterocycles. The molecule has 0 spiro atoms. The van der Waals surface area contributed by atoms with E-state index in [1.165, 1.54) is 12.8 Å². The van der Waals surface area contributed by atoms with Gasteiger partial charge in [0.15, 0.2) is 0 Å². The number of hydrogen-bond acceptors (Lipinski definition) is 5. The third kappa shape index (κ3) is 3.18. The van der Waals surface area contributed by atoms with Crippen LogP contribution in [0.15, 0.2) is 34.4 Å². The predicted octanol–water partition coefficient (Wildman–Crippen LogP) is 4.61. The molecule has 1 saturated carbocycles. The van der Waals surface area contributed by atoms with Gasteiger partial charge in [0.25, 0.3) is 5.56 Å². The van der Waals surface area contributed by atoms with E-state index >= 15 is 0 Å². The van der Waals surface area contributed by atoms with Gasteiger partial charge in [-0.05, 0) is 51.3 Å². The number of thiazole rings is 1. The van der Waals surface area contributed by atoms with Crippen LogP contribution in [-0.4, -0.2) is 26.0 Å². The molecule has 0 amide bonds. The zero-order valence-corrected chi connectivity index (χ0v) is 17.1. The molecule has 3 heterocycles. The average Bonchev–Trinajstić information content (AvgIpc) is 3.45. The Hall–Kier alpha value is -2.05. The van der Waals surface area contributed by atoms with Gasteiger partial charge in [0, 0.05) is 18.0 Å². The number of benzene rings is 1. The van der Waals surface area contributed by atoms with Gasteiger partial charge in [0.1, 0.15) is 5.82 Å². The van der Waals surface area contributed by atoms with Crippen molar-refractivity contribution in [2.75, 3.05) is 6.54 Å². The molecule has 1 aliphatic heterocycles. The lowest BCUT2D eigenvalue weighted by atomic mass is 10.1. The van der Waals surface area contributed by atoms with Crippen molar-refractivity contribution in [3.05, 3.63) is 56.5 Å². The van der Waals surface area contributed by atoms with Gasteiger partial charge >= 0.3 is 0 Å². The van der Waals surface area contributed by atoms with E-state index in [1.54, 1.807) is 11.3 Å². The molecule has 2 aliphatic rings. The molecular formula is C22H26N4OS. The molecular weight excluding hydrogens is 368 g/mol. The maximum atomic E-state index is 13.5. The van der Waals surface area contributed by atoms with Crippen LogP contribution in [0.5, 0.6) is 0 Å². The fourth-order valence-corrected chi connectivity index (χ4v) is 5.51. The quantitative estimate of drug-likeness (QED) is 0.648. The third-order valence-corrected chi connectivity index (χ3v) is 7.04. The Morgan fingerprint density at radius 3 is 2.71 bits per heavy atom. The smallest absolute Gasteiger partial charge is 0.261 e. The van der Waals surface area contributed by atoms with Crippen LogP contribution in [0, 0.1) is 6.92 Å². The predicted molar refractivity (Wildman–Crippen MR) is 113 cm³/mol. The van der Waals surface area contributed by atoms with Crippen molar-refractivity contribution >= 4 is 22.2 Å². The Balaban J connectivity index is 1.60. The highest BCUT2D eigenvalue weighted by molar-refractivity contribution is 7.09. The summed E-state index contributed by atoms with van der Waals surface area (Å²) in [5, 5.41) is 4.01. The number of fused-ring (bicyclic) bond motifs is 1. The summed E-state index contributed by atoms with van der Waals surface area (Å²) >= 11 is 1.70. The Kier molecular flexibility index (Phi) is 4.77. The van der Waals surface area contributed by atoms with Crippen molar-refractivity contribution in [1.82, 2.24) is 19.4 Å². The normalized spacial score (nSPS) is 21.1. The maximum Gasteiger partial charge on any atom is 0.261 e. The first-order chi connectivity index (χ1) is 13.7. The maximum absolute atomic E-state index is 13.5. The van der Waals surface area contributed by atoms with Crippen LogP contribution in [0.3, 0.4) is 0 Å². The zero-order chi connectivity index (χ0) is 19.1. The minimum absolute atomic E-state index is 0.142. The van der Waals surface area contributed by atoms with E-state index in [1.807, 2.05) is 24.3 Å². The molecule has 2 fully saturated rings. The van der Waals surface area contributed by atoms with Crippen LogP contribution in [0.2, 0.25) is 0 Å². The Labute approximate surface area is 169 Å². The summed E-state index contributed by atoms with van der Waals surface area (Å²) in [5.41, 5.74) is 2.10. The first-order valence-electron chi connectivity index (χ1n) is 10.4. The number of aromatic nitrogens is 3. The van der Waals surface area contributed by atoms with Gasteiger partial charge in [-0.25, -0.2) is 9.97 Å². The largest absolute Gasteiger partial charge is 0.292 e. The van der Waals surface area contributed by atoms with Crippen LogP contribution in [0.1, 0.15) is 67.1 Å². The van der Waals surface area contributed by atoms with E-state index in [0.29, 0.717) is 6.04 Å². The second-order valence-electron chi connectivity index (χ2n) is 8.09. The Morgan fingerprint density at radius 1 is 1.11 bits per heavy atom. The second-order valence-corrected chi connectivity index (χ2v) is 9.15. The van der Waals surface area contributed by atoms with Crippen molar-refractivity contribution in [3.8, 4) is 0 Å². The lowest BCUT2D eigenvalue weighted by Crippen LogP contribution is -2.33. The standard InChI is InChI=1S/C22H26N4OS/c1-15-23-16(14-28-15)13-25-12-6-11-20(25)21-24-19-10-5-4-9-18(19)22(27)26(21)17-7-2-3-8-17/h4-5,9-10,14,17,20H,2-3,6-8,11-13H2,1H3. The van der Waals surface area contributed by atoms with E-state index in [9.17, 15) is 4.79 Å². The SMILES string of the molecule is Cc1nc(CN2CCCC2c2nc3ccccc3c(=O)n2C2CCCC2)cs1. The Bertz CT molecular complexity index is 1050. The summed E-state index contributed by atoms with van der Waals surface area (Å²) in [6.07, 6.45) is 6.78. The molecule has 5 rings (SSSR count). The summed E-state index contributed by atoms with van der Waals surface area (Å²) in [6.45, 7) is 3.93. The molecule has 6 heteroatoms. The van der Waals surface area contributed by atoms with Crippen LogP contribution in [-0.2, 0) is 6.54 Å². The van der Waals surface area contributed by atoms with Gasteiger partial charge in [-0.15, -0.1) is 11.3 Å². The number of para-hydroxylation sites is 1. The summed E-state index contributed by atoms with van der Waals surface area (Å²) in [4.78, 5) is 25.6. The van der Waals surface area contributed by atoms with E-state index in [4.69, 9.17) is 4.98 Å². The van der Waals surface area contributed by atoms with Crippen LogP contribution in [0.4, 0.5) is 0 Å². The molecule has 0 N–H and O–H groups in total. The number of likely N-dealkylation sites (tertiary alicyclic amines) is 1. The number of nitrogens with zero attached hydrogens (tertiary/aromatic N) is 4. The van der Waals surface area contributed by atoms with Gasteiger partial charge in [-0.3, -0.25) is 14.3 Å². The average molecular weight is 395 g/mol. The Morgan fingerprint density at radius 2 is 1.93 bits per heavy atom. The molecule has 1 aromatic carbocycles. The topological polar surface area (TPSA) is 51.0 Å². The molecule has 0 bridgehead atoms. The molecule has 1 saturated heterocycles. The number of aryl methyl sites for hydroxylation is 1. The molecule has 1 unspecified atom stereocenters. The van der Waals surface area contributed by atoms with Crippen molar-refractivity contribution in [2.45, 2.75) is 64.1 Å². The van der Waals surface area contributed by atoms with E-state index < -0.39 is 0 Å². The van der Waals surface area contributed by atoms with Crippen molar-refractivity contribution in [1.29, 1.82) is 0 Å². The monoisotopic (exact) mass is 394 g/mol. The van der Waals surface area contributed by atoms with Gasteiger partial charge < -0.3 is 0 Å². The number of hydrogen-bond donors (Lipinski definition) is 0. The van der Waals surface area contributed by atoms with E-state index in [2.05, 4.69) is 26.8 Å². The molecule has 0 radical (unpaired) electrons. The van der Waals surface area contributed by atoms with Gasteiger partial charge in [-0.1, -0.05) is 25.0 Å². The lowest BCUT2D eigenvalue weighted by Gasteiger charge is -2.28. The van der Waals surface area contributed by atoms with Gasteiger partial charge in [0.2, 0.25) is 0 Å². The number of rotatable bonds is 4. The molecule has 5 nitrogen and oxygen atoms in total. The van der Waals surface area contributed by atoms with Crippen molar-refractivity contribution in [2.24, 2.45) is 0 Å². The zero-order valence-electron chi connectivity index (χ0n) is 16.3. The molecule has 146 valence electrons. The minimum Gasteiger partial charge on any atom is -0.292 e. The van der Waals surface area contributed by atoms with Crippen LogP contribution >= 0.6 is 11.3 Å². The molecule has 1 atom stereocenters. The summed E-state index contributed by atoms with van der Waals surface area (Å²) in [6, 6.07) is 8.30. The van der Waals surface area contributed by atoms with Crippen LogP contribution in [0.25, 0.3) is 10.9 Å². The summed E-state index contributed by atoms with van der Waals surface area (Å²) in [7, 11) is 0. The van der Waals surface area contributed by atoms with Crippen molar-refractivity contribution in [3.63, 3.8) is 0 Å². The first kappa shape index (κ1) is 18.0. The highest BCUT2D eigenvalue weighted by Gasteiger charge is 2.33. The molecule has 3 aromatic rings. The first-order valence-corrected chi connectivity index (χ1v) is 11.2. The molecule has 1 aliphatic carbocycles. The highest BCUT2D eigenvalue weighted by atomic mass is 32.1. The molecule has 28 heavy (non-hydrogen) atoms. The van der Waals surface area contributed by atoms with Crippen molar-refractivity contribution < 1.29 is 0 Å². The third-order valence-electron chi connectivity index (χ3n) is 6.22. The fraction of sp³-hybridized carbons (Fsp3) is 0.500. The lowest BCUT2D eigenvalue weighted by molar-refractivity contribution is 0.226. The fourth-order valence-electron chi connectivity index (χ4n) is 4.91. The van der Waals surface area contributed by atoms with E-state index in [0.717, 1.165) is 66.2 Å². The summed E-state index contributed by atoms with van der Waals surface area (Å²) < 4.78 is 2.06.